The van der Waals surface area contributed by atoms with Crippen LogP contribution in [0.25, 0.3) is 0 Å². The number of urea groups is 1. The highest BCUT2D eigenvalue weighted by atomic mass is 16.5. The summed E-state index contributed by atoms with van der Waals surface area (Å²) >= 11 is 0. The van der Waals surface area contributed by atoms with Crippen LogP contribution in [0.3, 0.4) is 0 Å². The van der Waals surface area contributed by atoms with Gasteiger partial charge in [0.2, 0.25) is 0 Å². The Morgan fingerprint density at radius 3 is 2.74 bits per heavy atom. The van der Waals surface area contributed by atoms with Crippen LogP contribution in [-0.4, -0.2) is 28.5 Å². The van der Waals surface area contributed by atoms with Crippen LogP contribution in [0, 0.1) is 11.8 Å². The van der Waals surface area contributed by atoms with Gasteiger partial charge in [0, 0.05) is 12.6 Å². The van der Waals surface area contributed by atoms with Crippen molar-refractivity contribution in [1.82, 2.24) is 20.9 Å². The van der Waals surface area contributed by atoms with Crippen LogP contribution in [0.5, 0.6) is 0 Å². The van der Waals surface area contributed by atoms with Gasteiger partial charge in [-0.05, 0) is 23.8 Å². The largest absolute Gasteiger partial charge is 0.364 e. The number of aromatic nitrogens is 1. The molecule has 2 aliphatic rings. The van der Waals surface area contributed by atoms with Gasteiger partial charge in [-0.15, -0.1) is 0 Å². The van der Waals surface area contributed by atoms with E-state index in [0.717, 1.165) is 18.5 Å². The summed E-state index contributed by atoms with van der Waals surface area (Å²) in [6.07, 6.45) is 2.46. The Morgan fingerprint density at radius 1 is 1.17 bits per heavy atom. The number of carbonyl (C=O) groups is 2. The van der Waals surface area contributed by atoms with Crippen molar-refractivity contribution in [2.45, 2.75) is 12.5 Å². The molecule has 1 aromatic heterocycles. The van der Waals surface area contributed by atoms with E-state index in [9.17, 15) is 9.59 Å². The molecule has 0 bridgehead atoms. The van der Waals surface area contributed by atoms with Gasteiger partial charge in [0.1, 0.15) is 6.26 Å². The molecule has 7 heteroatoms. The molecule has 0 radical (unpaired) electrons. The molecular formula is C16H16N4O3. The molecule has 2 heterocycles. The van der Waals surface area contributed by atoms with Crippen molar-refractivity contribution in [2.24, 2.45) is 11.8 Å². The van der Waals surface area contributed by atoms with E-state index >= 15 is 0 Å². The van der Waals surface area contributed by atoms with Gasteiger partial charge in [-0.25, -0.2) is 10.2 Å². The molecule has 4 rings (SSSR count). The standard InChI is InChI=1S/C16H16N4O3/c21-15(13-6-7-23-19-13)17-18-16(22)20-9-11-8-12(11)14(20)10-4-2-1-3-5-10/h1-7,11-12,14H,8-9H2,(H,17,21)(H,18,22)/t11-,12-,14-/m0/s1. The summed E-state index contributed by atoms with van der Waals surface area (Å²) in [5, 5.41) is 3.52. The average molecular weight is 312 g/mol. The zero-order chi connectivity index (χ0) is 15.8. The minimum Gasteiger partial charge on any atom is -0.364 e. The lowest BCUT2D eigenvalue weighted by Crippen LogP contribution is -2.49. The summed E-state index contributed by atoms with van der Waals surface area (Å²) < 4.78 is 4.60. The van der Waals surface area contributed by atoms with Crippen molar-refractivity contribution >= 4 is 11.9 Å². The van der Waals surface area contributed by atoms with Gasteiger partial charge in [-0.1, -0.05) is 35.5 Å². The number of piperidine rings is 1. The van der Waals surface area contributed by atoms with Crippen LogP contribution in [0.4, 0.5) is 4.79 Å². The first kappa shape index (κ1) is 13.8. The Bertz CT molecular complexity index is 716. The van der Waals surface area contributed by atoms with E-state index in [1.165, 1.54) is 12.3 Å². The maximum atomic E-state index is 12.4. The van der Waals surface area contributed by atoms with E-state index in [2.05, 4.69) is 20.5 Å². The van der Waals surface area contributed by atoms with Gasteiger partial charge in [0.05, 0.1) is 6.04 Å². The first-order chi connectivity index (χ1) is 11.2. The smallest absolute Gasteiger partial charge is 0.336 e. The molecule has 1 saturated carbocycles. The molecule has 1 saturated heterocycles. The quantitative estimate of drug-likeness (QED) is 0.827. The lowest BCUT2D eigenvalue weighted by Gasteiger charge is -2.28. The van der Waals surface area contributed by atoms with Gasteiger partial charge < -0.3 is 9.42 Å². The van der Waals surface area contributed by atoms with E-state index in [4.69, 9.17) is 0 Å². The van der Waals surface area contributed by atoms with Crippen LogP contribution in [0.2, 0.25) is 0 Å². The third-order valence-corrected chi connectivity index (χ3v) is 4.51. The first-order valence-electron chi connectivity index (χ1n) is 7.56. The predicted octanol–water partition coefficient (Wildman–Crippen LogP) is 1.72. The number of likely N-dealkylation sites (tertiary alicyclic amines) is 1. The highest BCUT2D eigenvalue weighted by molar-refractivity contribution is 5.93. The summed E-state index contributed by atoms with van der Waals surface area (Å²) in [4.78, 5) is 26.0. The zero-order valence-electron chi connectivity index (χ0n) is 12.3. The summed E-state index contributed by atoms with van der Waals surface area (Å²) in [5.74, 6) is 0.583. The number of carbonyl (C=O) groups excluding carboxylic acids is 2. The zero-order valence-corrected chi connectivity index (χ0v) is 12.3. The molecule has 7 nitrogen and oxygen atoms in total. The van der Waals surface area contributed by atoms with Crippen LogP contribution < -0.4 is 10.9 Å². The van der Waals surface area contributed by atoms with Crippen molar-refractivity contribution in [1.29, 1.82) is 0 Å². The number of hydrogen-bond donors (Lipinski definition) is 2. The highest BCUT2D eigenvalue weighted by Crippen LogP contribution is 2.56. The Labute approximate surface area is 132 Å². The maximum Gasteiger partial charge on any atom is 0.336 e. The van der Waals surface area contributed by atoms with E-state index in [1.54, 1.807) is 4.90 Å². The van der Waals surface area contributed by atoms with Gasteiger partial charge >= 0.3 is 6.03 Å². The third-order valence-electron chi connectivity index (χ3n) is 4.51. The molecule has 1 aliphatic heterocycles. The Balaban J connectivity index is 1.43. The van der Waals surface area contributed by atoms with Gasteiger partial charge in [0.15, 0.2) is 5.69 Å². The average Bonchev–Trinajstić information content (AvgIpc) is 3.02. The number of amides is 3. The number of hydrogen-bond acceptors (Lipinski definition) is 4. The number of nitrogens with zero attached hydrogens (tertiary/aromatic N) is 2. The van der Waals surface area contributed by atoms with Crippen molar-refractivity contribution in [2.75, 3.05) is 6.54 Å². The number of benzene rings is 1. The van der Waals surface area contributed by atoms with E-state index < -0.39 is 5.91 Å². The Kier molecular flexibility index (Phi) is 3.25. The summed E-state index contributed by atoms with van der Waals surface area (Å²) in [6, 6.07) is 11.2. The third kappa shape index (κ3) is 2.54. The molecule has 1 aliphatic carbocycles. The molecule has 2 N–H and O–H groups in total. The van der Waals surface area contributed by atoms with Gasteiger partial charge in [-0.3, -0.25) is 10.2 Å². The van der Waals surface area contributed by atoms with E-state index in [1.807, 2.05) is 30.3 Å². The van der Waals surface area contributed by atoms with Crippen molar-refractivity contribution in [3.63, 3.8) is 0 Å². The van der Waals surface area contributed by atoms with Crippen LogP contribution in [-0.2, 0) is 0 Å². The molecule has 3 atom stereocenters. The minimum atomic E-state index is -0.507. The number of hydrazine groups is 1. The van der Waals surface area contributed by atoms with Crippen LogP contribution in [0.15, 0.2) is 47.2 Å². The molecule has 23 heavy (non-hydrogen) atoms. The van der Waals surface area contributed by atoms with Crippen LogP contribution >= 0.6 is 0 Å². The minimum absolute atomic E-state index is 0.0742. The van der Waals surface area contributed by atoms with Crippen molar-refractivity contribution < 1.29 is 14.1 Å². The number of rotatable bonds is 2. The lowest BCUT2D eigenvalue weighted by atomic mass is 10.0. The fraction of sp³-hybridized carbons (Fsp3) is 0.312. The predicted molar refractivity (Wildman–Crippen MR) is 80.0 cm³/mol. The number of nitrogens with one attached hydrogen (secondary N) is 2. The first-order valence-corrected chi connectivity index (χ1v) is 7.56. The fourth-order valence-electron chi connectivity index (χ4n) is 3.33. The summed E-state index contributed by atoms with van der Waals surface area (Å²) in [6.45, 7) is 0.718. The SMILES string of the molecule is O=C(NNC(=O)N1C[C@@H]2C[C@@H]2[C@@H]1c1ccccc1)c1ccon1. The molecule has 0 spiro atoms. The maximum absolute atomic E-state index is 12.4. The molecule has 2 aromatic rings. The second-order valence-electron chi connectivity index (χ2n) is 5.94. The summed E-state index contributed by atoms with van der Waals surface area (Å²) in [5.41, 5.74) is 6.07. The van der Waals surface area contributed by atoms with Crippen LogP contribution in [0.1, 0.15) is 28.5 Å². The van der Waals surface area contributed by atoms with E-state index in [-0.39, 0.29) is 17.8 Å². The second kappa shape index (κ2) is 5.42. The fourth-order valence-corrected chi connectivity index (χ4v) is 3.33. The lowest BCUT2D eigenvalue weighted by molar-refractivity contribution is 0.0918. The normalized spacial score (nSPS) is 24.9. The van der Waals surface area contributed by atoms with Crippen molar-refractivity contribution in [3.05, 3.63) is 53.9 Å². The Morgan fingerprint density at radius 2 is 2.00 bits per heavy atom. The topological polar surface area (TPSA) is 87.5 Å². The molecule has 2 fully saturated rings. The molecular weight excluding hydrogens is 296 g/mol. The molecule has 118 valence electrons. The monoisotopic (exact) mass is 312 g/mol. The second-order valence-corrected chi connectivity index (χ2v) is 5.94. The van der Waals surface area contributed by atoms with E-state index in [0.29, 0.717) is 11.8 Å². The van der Waals surface area contributed by atoms with Gasteiger partial charge in [-0.2, -0.15) is 0 Å². The molecule has 0 unspecified atom stereocenters. The highest BCUT2D eigenvalue weighted by Gasteiger charge is 2.54. The van der Waals surface area contributed by atoms with Gasteiger partial charge in [0.25, 0.3) is 5.91 Å². The molecule has 3 amide bonds. The van der Waals surface area contributed by atoms with Crippen molar-refractivity contribution in [3.8, 4) is 0 Å². The summed E-state index contributed by atoms with van der Waals surface area (Å²) in [7, 11) is 0. The Hall–Kier alpha value is -2.83. The molecule has 1 aromatic carbocycles. The number of fused-ring (bicyclic) bond motifs is 1.